The maximum absolute atomic E-state index is 13.0. The van der Waals surface area contributed by atoms with E-state index in [9.17, 15) is 13.2 Å². The molecule has 3 heterocycles. The van der Waals surface area contributed by atoms with Crippen molar-refractivity contribution >= 4 is 12.2 Å². The number of piperazine rings is 1. The lowest BCUT2D eigenvalue weighted by Crippen LogP contribution is -2.46. The Kier molecular flexibility index (Phi) is 6.07. The fraction of sp³-hybridized carbons (Fsp3) is 0.435. The molecule has 0 bridgehead atoms. The number of pyridine rings is 1. The van der Waals surface area contributed by atoms with Crippen LogP contribution in [0.2, 0.25) is 0 Å². The molecule has 0 spiro atoms. The molecular formula is C23H25F3N6S. The molecule has 1 aromatic carbocycles. The van der Waals surface area contributed by atoms with Crippen LogP contribution in [0, 0.1) is 4.77 Å². The standard InChI is InChI=1S/C23H25F3N6S/c24-23(25,26)19-5-1-3-17(13-19)15-29-9-11-30(12-10-29)16-31-22(33)32(20-6-7-20)21(28-31)18-4-2-8-27-14-18/h1-5,8,13-14,20H,6-7,9-12,15-16H2. The summed E-state index contributed by atoms with van der Waals surface area (Å²) >= 11 is 5.76. The van der Waals surface area contributed by atoms with Gasteiger partial charge in [0.2, 0.25) is 0 Å². The van der Waals surface area contributed by atoms with Gasteiger partial charge in [0.1, 0.15) is 0 Å². The van der Waals surface area contributed by atoms with Crippen molar-refractivity contribution in [2.75, 3.05) is 26.2 Å². The van der Waals surface area contributed by atoms with E-state index in [0.29, 0.717) is 24.8 Å². The lowest BCUT2D eigenvalue weighted by atomic mass is 10.1. The molecule has 3 aromatic rings. The van der Waals surface area contributed by atoms with Gasteiger partial charge in [-0.05, 0) is 48.8 Å². The average molecular weight is 475 g/mol. The number of alkyl halides is 3. The third-order valence-corrected chi connectivity index (χ3v) is 6.57. The van der Waals surface area contributed by atoms with Gasteiger partial charge in [0.05, 0.1) is 12.2 Å². The molecule has 0 unspecified atom stereocenters. The van der Waals surface area contributed by atoms with Gasteiger partial charge >= 0.3 is 6.18 Å². The van der Waals surface area contributed by atoms with E-state index in [0.717, 1.165) is 61.2 Å². The van der Waals surface area contributed by atoms with E-state index in [4.69, 9.17) is 17.3 Å². The molecule has 1 aliphatic carbocycles. The minimum Gasteiger partial charge on any atom is -0.297 e. The van der Waals surface area contributed by atoms with E-state index in [-0.39, 0.29) is 0 Å². The van der Waals surface area contributed by atoms with E-state index in [1.807, 2.05) is 23.0 Å². The quantitative estimate of drug-likeness (QED) is 0.489. The van der Waals surface area contributed by atoms with Crippen molar-refractivity contribution in [2.24, 2.45) is 0 Å². The lowest BCUT2D eigenvalue weighted by molar-refractivity contribution is -0.137. The molecule has 10 heteroatoms. The van der Waals surface area contributed by atoms with Crippen molar-refractivity contribution in [3.63, 3.8) is 0 Å². The first-order chi connectivity index (χ1) is 15.9. The molecule has 33 heavy (non-hydrogen) atoms. The van der Waals surface area contributed by atoms with E-state index in [1.165, 1.54) is 12.1 Å². The summed E-state index contributed by atoms with van der Waals surface area (Å²) in [6, 6.07) is 9.91. The fourth-order valence-electron chi connectivity index (χ4n) is 4.25. The number of rotatable bonds is 6. The molecule has 0 N–H and O–H groups in total. The third kappa shape index (κ3) is 5.02. The Hall–Kier alpha value is -2.56. The number of nitrogens with zero attached hydrogens (tertiary/aromatic N) is 6. The molecule has 174 valence electrons. The number of halogens is 3. The van der Waals surface area contributed by atoms with Crippen molar-refractivity contribution < 1.29 is 13.2 Å². The molecule has 1 aliphatic heterocycles. The molecule has 5 rings (SSSR count). The number of hydrogen-bond acceptors (Lipinski definition) is 5. The Morgan fingerprint density at radius 1 is 1.00 bits per heavy atom. The van der Waals surface area contributed by atoms with Crippen molar-refractivity contribution in [2.45, 2.75) is 38.3 Å². The summed E-state index contributed by atoms with van der Waals surface area (Å²) in [6.45, 7) is 4.28. The first kappa shape index (κ1) is 22.2. The smallest absolute Gasteiger partial charge is 0.297 e. The van der Waals surface area contributed by atoms with Gasteiger partial charge in [-0.25, -0.2) is 4.68 Å². The summed E-state index contributed by atoms with van der Waals surface area (Å²) < 4.78 is 43.7. The van der Waals surface area contributed by atoms with E-state index >= 15 is 0 Å². The Balaban J connectivity index is 1.24. The lowest BCUT2D eigenvalue weighted by Gasteiger charge is -2.34. The zero-order valence-corrected chi connectivity index (χ0v) is 18.9. The van der Waals surface area contributed by atoms with Gasteiger partial charge in [-0.2, -0.15) is 18.3 Å². The zero-order valence-electron chi connectivity index (χ0n) is 18.1. The van der Waals surface area contributed by atoms with Crippen LogP contribution < -0.4 is 0 Å². The van der Waals surface area contributed by atoms with Crippen molar-refractivity contribution in [1.82, 2.24) is 29.1 Å². The normalized spacial score (nSPS) is 18.0. The van der Waals surface area contributed by atoms with Gasteiger partial charge in [-0.1, -0.05) is 18.2 Å². The first-order valence-electron chi connectivity index (χ1n) is 11.1. The molecular weight excluding hydrogens is 449 g/mol. The molecule has 2 fully saturated rings. The highest BCUT2D eigenvalue weighted by Crippen LogP contribution is 2.38. The van der Waals surface area contributed by atoms with Crippen molar-refractivity contribution in [3.8, 4) is 11.4 Å². The summed E-state index contributed by atoms with van der Waals surface area (Å²) in [6.07, 6.45) is 1.47. The Labute approximate surface area is 195 Å². The third-order valence-electron chi connectivity index (χ3n) is 6.16. The van der Waals surface area contributed by atoms with Crippen LogP contribution in [0.1, 0.15) is 30.0 Å². The highest BCUT2D eigenvalue weighted by Gasteiger charge is 2.31. The summed E-state index contributed by atoms with van der Waals surface area (Å²) in [4.78, 5) is 8.70. The maximum atomic E-state index is 13.0. The summed E-state index contributed by atoms with van der Waals surface area (Å²) in [5.74, 6) is 0.860. The topological polar surface area (TPSA) is 42.1 Å². The van der Waals surface area contributed by atoms with Crippen LogP contribution >= 0.6 is 12.2 Å². The average Bonchev–Trinajstić information content (AvgIpc) is 3.59. The molecule has 1 saturated carbocycles. The molecule has 0 atom stereocenters. The first-order valence-corrected chi connectivity index (χ1v) is 11.5. The van der Waals surface area contributed by atoms with Gasteiger partial charge in [-0.3, -0.25) is 19.4 Å². The van der Waals surface area contributed by atoms with Crippen LogP contribution in [0.3, 0.4) is 0 Å². The van der Waals surface area contributed by atoms with E-state index < -0.39 is 11.7 Å². The van der Waals surface area contributed by atoms with Crippen LogP contribution in [-0.2, 0) is 19.4 Å². The number of benzene rings is 1. The predicted octanol–water partition coefficient (Wildman–Crippen LogP) is 4.61. The van der Waals surface area contributed by atoms with Gasteiger partial charge in [0.15, 0.2) is 10.6 Å². The molecule has 1 saturated heterocycles. The Morgan fingerprint density at radius 3 is 2.42 bits per heavy atom. The Bertz CT molecular complexity index is 1160. The number of aromatic nitrogens is 4. The van der Waals surface area contributed by atoms with E-state index in [2.05, 4.69) is 19.4 Å². The zero-order chi connectivity index (χ0) is 23.0. The molecule has 2 aromatic heterocycles. The predicted molar refractivity (Wildman–Crippen MR) is 121 cm³/mol. The largest absolute Gasteiger partial charge is 0.416 e. The van der Waals surface area contributed by atoms with Crippen LogP contribution in [0.15, 0.2) is 48.8 Å². The van der Waals surface area contributed by atoms with Gasteiger partial charge in [0.25, 0.3) is 0 Å². The number of hydrogen-bond donors (Lipinski definition) is 0. The molecule has 6 nitrogen and oxygen atoms in total. The van der Waals surface area contributed by atoms with Crippen LogP contribution in [0.4, 0.5) is 13.2 Å². The summed E-state index contributed by atoms with van der Waals surface area (Å²) in [7, 11) is 0. The maximum Gasteiger partial charge on any atom is 0.416 e. The van der Waals surface area contributed by atoms with Gasteiger partial charge in [0, 0.05) is 56.7 Å². The monoisotopic (exact) mass is 474 g/mol. The van der Waals surface area contributed by atoms with Crippen LogP contribution in [-0.4, -0.2) is 55.3 Å². The SMILES string of the molecule is FC(F)(F)c1cccc(CN2CCN(Cn3nc(-c4cccnc4)n(C4CC4)c3=S)CC2)c1. The fourth-order valence-corrected chi connectivity index (χ4v) is 4.58. The highest BCUT2D eigenvalue weighted by atomic mass is 32.1. The second-order valence-electron chi connectivity index (χ2n) is 8.68. The van der Waals surface area contributed by atoms with Gasteiger partial charge < -0.3 is 0 Å². The van der Waals surface area contributed by atoms with Crippen molar-refractivity contribution in [3.05, 3.63) is 64.7 Å². The van der Waals surface area contributed by atoms with E-state index in [1.54, 1.807) is 12.3 Å². The van der Waals surface area contributed by atoms with Crippen LogP contribution in [0.5, 0.6) is 0 Å². The van der Waals surface area contributed by atoms with Crippen molar-refractivity contribution in [1.29, 1.82) is 0 Å². The molecule has 0 radical (unpaired) electrons. The van der Waals surface area contributed by atoms with Gasteiger partial charge in [-0.15, -0.1) is 0 Å². The second kappa shape index (κ2) is 9.00. The van der Waals surface area contributed by atoms with Crippen LogP contribution in [0.25, 0.3) is 11.4 Å². The second-order valence-corrected chi connectivity index (χ2v) is 9.05. The minimum atomic E-state index is -4.31. The summed E-state index contributed by atoms with van der Waals surface area (Å²) in [5.41, 5.74) is 1.05. The molecule has 0 amide bonds. The highest BCUT2D eigenvalue weighted by molar-refractivity contribution is 7.71. The Morgan fingerprint density at radius 2 is 1.76 bits per heavy atom. The molecule has 2 aliphatic rings. The summed E-state index contributed by atoms with van der Waals surface area (Å²) in [5, 5.41) is 4.83. The minimum absolute atomic E-state index is 0.408.